The molecule has 3 N–H and O–H groups in total. The lowest BCUT2D eigenvalue weighted by Gasteiger charge is -2.15. The first-order chi connectivity index (χ1) is 6.43. The first kappa shape index (κ1) is 9.08. The van der Waals surface area contributed by atoms with Crippen LogP contribution >= 0.6 is 0 Å². The molecule has 1 aliphatic heterocycles. The zero-order chi connectivity index (χ0) is 10.5. The molecule has 2 rings (SSSR count). The van der Waals surface area contributed by atoms with E-state index in [-0.39, 0.29) is 11.3 Å². The number of nitrogens with two attached hydrogens (primary N) is 1. The lowest BCUT2D eigenvalue weighted by molar-refractivity contribution is -0.120. The Bertz CT molecular complexity index is 429. The van der Waals surface area contributed by atoms with Crippen molar-refractivity contribution < 1.29 is 13.6 Å². The highest BCUT2D eigenvalue weighted by Gasteiger charge is 2.41. The molecule has 0 aliphatic carbocycles. The molecule has 0 aromatic heterocycles. The largest absolute Gasteiger partial charge is 0.324 e. The predicted octanol–water partition coefficient (Wildman–Crippen LogP) is 1.09. The number of halogens is 2. The molecule has 5 heteroatoms. The number of carbonyl (C=O) groups is 1. The zero-order valence-corrected chi connectivity index (χ0v) is 7.40. The highest BCUT2D eigenvalue weighted by Crippen LogP contribution is 2.36. The van der Waals surface area contributed by atoms with Gasteiger partial charge in [0, 0.05) is 11.6 Å². The van der Waals surface area contributed by atoms with E-state index in [0.717, 1.165) is 6.07 Å². The summed E-state index contributed by atoms with van der Waals surface area (Å²) in [6.07, 6.45) is 0. The second-order valence-electron chi connectivity index (χ2n) is 3.47. The van der Waals surface area contributed by atoms with Crippen LogP contribution in [0.4, 0.5) is 14.5 Å². The zero-order valence-electron chi connectivity index (χ0n) is 7.40. The second kappa shape index (κ2) is 2.51. The molecule has 0 saturated carbocycles. The maximum atomic E-state index is 13.3. The van der Waals surface area contributed by atoms with Gasteiger partial charge in [0.1, 0.15) is 17.2 Å². The molecule has 0 bridgehead atoms. The van der Waals surface area contributed by atoms with Crippen molar-refractivity contribution in [1.29, 1.82) is 0 Å². The van der Waals surface area contributed by atoms with E-state index in [1.165, 1.54) is 6.92 Å². The first-order valence-corrected chi connectivity index (χ1v) is 4.03. The van der Waals surface area contributed by atoms with E-state index >= 15 is 0 Å². The minimum Gasteiger partial charge on any atom is -0.324 e. The topological polar surface area (TPSA) is 55.1 Å². The Kier molecular flexibility index (Phi) is 1.63. The lowest BCUT2D eigenvalue weighted by atomic mass is 9.94. The van der Waals surface area contributed by atoms with Gasteiger partial charge in [-0.1, -0.05) is 0 Å². The Morgan fingerprint density at radius 2 is 2.07 bits per heavy atom. The molecule has 0 radical (unpaired) electrons. The van der Waals surface area contributed by atoms with Gasteiger partial charge in [0.15, 0.2) is 0 Å². The smallest absolute Gasteiger partial charge is 0.248 e. The fourth-order valence-electron chi connectivity index (χ4n) is 1.57. The molecule has 0 unspecified atom stereocenters. The Morgan fingerprint density at radius 3 is 2.71 bits per heavy atom. The molecule has 1 heterocycles. The number of fused-ring (bicyclic) bond motifs is 1. The molecule has 1 aromatic carbocycles. The minimum absolute atomic E-state index is 0.0175. The van der Waals surface area contributed by atoms with E-state index < -0.39 is 23.1 Å². The van der Waals surface area contributed by atoms with E-state index in [2.05, 4.69) is 5.32 Å². The number of hydrogen-bond donors (Lipinski definition) is 2. The molecule has 0 fully saturated rings. The Morgan fingerprint density at radius 1 is 1.43 bits per heavy atom. The van der Waals surface area contributed by atoms with Crippen molar-refractivity contribution in [3.63, 3.8) is 0 Å². The van der Waals surface area contributed by atoms with Crippen LogP contribution in [0.25, 0.3) is 0 Å². The molecule has 14 heavy (non-hydrogen) atoms. The highest BCUT2D eigenvalue weighted by molar-refractivity contribution is 6.05. The quantitative estimate of drug-likeness (QED) is 0.655. The van der Waals surface area contributed by atoms with E-state index in [1.807, 2.05) is 0 Å². The summed E-state index contributed by atoms with van der Waals surface area (Å²) in [6.45, 7) is 1.38. The van der Waals surface area contributed by atoms with Crippen LogP contribution < -0.4 is 11.1 Å². The fraction of sp³-hybridized carbons (Fsp3) is 0.222. The van der Waals surface area contributed by atoms with Crippen molar-refractivity contribution in [3.8, 4) is 0 Å². The van der Waals surface area contributed by atoms with E-state index in [0.29, 0.717) is 6.07 Å². The molecule has 74 valence electrons. The summed E-state index contributed by atoms with van der Waals surface area (Å²) in [4.78, 5) is 11.3. The third kappa shape index (κ3) is 1.02. The van der Waals surface area contributed by atoms with Crippen molar-refractivity contribution in [2.24, 2.45) is 5.73 Å². The van der Waals surface area contributed by atoms with Gasteiger partial charge >= 0.3 is 0 Å². The number of amides is 1. The molecular formula is C9H8F2N2O. The van der Waals surface area contributed by atoms with Crippen LogP contribution in [0.3, 0.4) is 0 Å². The van der Waals surface area contributed by atoms with Crippen molar-refractivity contribution in [3.05, 3.63) is 29.3 Å². The summed E-state index contributed by atoms with van der Waals surface area (Å²) in [5, 5.41) is 2.33. The first-order valence-electron chi connectivity index (χ1n) is 4.03. The minimum atomic E-state index is -1.42. The van der Waals surface area contributed by atoms with Crippen LogP contribution in [-0.4, -0.2) is 5.91 Å². The van der Waals surface area contributed by atoms with Crippen molar-refractivity contribution in [2.75, 3.05) is 5.32 Å². The van der Waals surface area contributed by atoms with Gasteiger partial charge < -0.3 is 11.1 Å². The standard InChI is InChI=1S/C9H8F2N2O/c1-9(12)7-5(11)2-4(10)3-6(7)13-8(9)14/h2-3H,12H2,1H3,(H,13,14)/t9-/m1/s1. The number of anilines is 1. The van der Waals surface area contributed by atoms with Gasteiger partial charge in [0.05, 0.1) is 5.69 Å². The molecule has 3 nitrogen and oxygen atoms in total. The summed E-state index contributed by atoms with van der Waals surface area (Å²) in [6, 6.07) is 1.76. The SMILES string of the molecule is C[C@]1(N)C(=O)Nc2cc(F)cc(F)c21. The van der Waals surface area contributed by atoms with Crippen LogP contribution in [-0.2, 0) is 10.3 Å². The van der Waals surface area contributed by atoms with Crippen molar-refractivity contribution in [2.45, 2.75) is 12.5 Å². The van der Waals surface area contributed by atoms with Crippen molar-refractivity contribution in [1.82, 2.24) is 0 Å². The van der Waals surface area contributed by atoms with E-state index in [1.54, 1.807) is 0 Å². The average Bonchev–Trinajstić information content (AvgIpc) is 2.21. The second-order valence-corrected chi connectivity index (χ2v) is 3.47. The van der Waals surface area contributed by atoms with Gasteiger partial charge in [0.2, 0.25) is 5.91 Å². The number of carbonyl (C=O) groups excluding carboxylic acids is 1. The predicted molar refractivity (Wildman–Crippen MR) is 46.5 cm³/mol. The highest BCUT2D eigenvalue weighted by atomic mass is 19.1. The van der Waals surface area contributed by atoms with Gasteiger partial charge in [-0.25, -0.2) is 8.78 Å². The summed E-state index contributed by atoms with van der Waals surface area (Å²) in [5.41, 5.74) is 4.31. The molecule has 0 spiro atoms. The van der Waals surface area contributed by atoms with Gasteiger partial charge in [-0.15, -0.1) is 0 Å². The van der Waals surface area contributed by atoms with Crippen LogP contribution in [0.1, 0.15) is 12.5 Å². The van der Waals surface area contributed by atoms with Gasteiger partial charge in [-0.3, -0.25) is 4.79 Å². The maximum Gasteiger partial charge on any atom is 0.248 e. The Hall–Kier alpha value is -1.49. The number of nitrogens with one attached hydrogen (secondary N) is 1. The lowest BCUT2D eigenvalue weighted by Crippen LogP contribution is -2.40. The summed E-state index contributed by atoms with van der Waals surface area (Å²) < 4.78 is 26.1. The van der Waals surface area contributed by atoms with Crippen LogP contribution in [0.15, 0.2) is 12.1 Å². The third-order valence-electron chi connectivity index (χ3n) is 2.29. The van der Waals surface area contributed by atoms with E-state index in [9.17, 15) is 13.6 Å². The molecule has 1 aromatic rings. The van der Waals surface area contributed by atoms with Gasteiger partial charge in [-0.05, 0) is 13.0 Å². The normalized spacial score (nSPS) is 24.7. The van der Waals surface area contributed by atoms with Gasteiger partial charge in [0.25, 0.3) is 0 Å². The molecule has 1 aliphatic rings. The van der Waals surface area contributed by atoms with Gasteiger partial charge in [-0.2, -0.15) is 0 Å². The van der Waals surface area contributed by atoms with Crippen LogP contribution in [0.2, 0.25) is 0 Å². The van der Waals surface area contributed by atoms with Crippen molar-refractivity contribution >= 4 is 11.6 Å². The maximum absolute atomic E-state index is 13.3. The van der Waals surface area contributed by atoms with E-state index in [4.69, 9.17) is 5.73 Å². The number of rotatable bonds is 0. The molecular weight excluding hydrogens is 190 g/mol. The Balaban J connectivity index is 2.71. The third-order valence-corrected chi connectivity index (χ3v) is 2.29. The molecule has 1 amide bonds. The van der Waals surface area contributed by atoms with Crippen LogP contribution in [0.5, 0.6) is 0 Å². The summed E-state index contributed by atoms with van der Waals surface area (Å²) in [5.74, 6) is -2.07. The summed E-state index contributed by atoms with van der Waals surface area (Å²) >= 11 is 0. The summed E-state index contributed by atoms with van der Waals surface area (Å²) in [7, 11) is 0. The monoisotopic (exact) mass is 198 g/mol. The average molecular weight is 198 g/mol. The van der Waals surface area contributed by atoms with Crippen LogP contribution in [0, 0.1) is 11.6 Å². The number of benzene rings is 1. The Labute approximate surface area is 78.9 Å². The number of hydrogen-bond acceptors (Lipinski definition) is 2. The molecule has 1 atom stereocenters. The fourth-order valence-corrected chi connectivity index (χ4v) is 1.57. The molecule has 0 saturated heterocycles.